The van der Waals surface area contributed by atoms with E-state index in [1.807, 2.05) is 41.2 Å². The highest BCUT2D eigenvalue weighted by atomic mass is 32.2. The van der Waals surface area contributed by atoms with Gasteiger partial charge in [0.2, 0.25) is 5.91 Å². The molecule has 2 rings (SSSR count). The maximum absolute atomic E-state index is 11.8. The van der Waals surface area contributed by atoms with Crippen LogP contribution in [-0.4, -0.2) is 26.2 Å². The molecule has 1 amide bonds. The number of nitrogens with one attached hydrogen (secondary N) is 1. The second-order valence-electron chi connectivity index (χ2n) is 5.81. The number of amides is 1. The zero-order chi connectivity index (χ0) is 15.3. The molecule has 1 aromatic carbocycles. The van der Waals surface area contributed by atoms with E-state index in [0.717, 1.165) is 11.3 Å². The maximum atomic E-state index is 11.8. The Bertz CT molecular complexity index is 587. The van der Waals surface area contributed by atoms with Crippen LogP contribution in [0.1, 0.15) is 26.3 Å². The summed E-state index contributed by atoms with van der Waals surface area (Å²) in [5, 5.41) is 7.23. The van der Waals surface area contributed by atoms with Crippen molar-refractivity contribution in [1.29, 1.82) is 0 Å². The average molecular weight is 303 g/mol. The summed E-state index contributed by atoms with van der Waals surface area (Å²) in [5.74, 6) is 0.540. The van der Waals surface area contributed by atoms with Gasteiger partial charge in [0.25, 0.3) is 0 Å². The zero-order valence-corrected chi connectivity index (χ0v) is 13.5. The summed E-state index contributed by atoms with van der Waals surface area (Å²) in [7, 11) is 0. The lowest BCUT2D eigenvalue weighted by Gasteiger charge is -2.16. The van der Waals surface area contributed by atoms with Crippen LogP contribution in [0, 0.1) is 0 Å². The van der Waals surface area contributed by atoms with Crippen LogP contribution < -0.4 is 5.32 Å². The van der Waals surface area contributed by atoms with Gasteiger partial charge in [-0.05, 0) is 12.1 Å². The van der Waals surface area contributed by atoms with E-state index in [4.69, 9.17) is 0 Å². The van der Waals surface area contributed by atoms with Gasteiger partial charge < -0.3 is 5.32 Å². The molecule has 4 nitrogen and oxygen atoms in total. The van der Waals surface area contributed by atoms with Crippen LogP contribution in [0.3, 0.4) is 0 Å². The van der Waals surface area contributed by atoms with E-state index in [0.29, 0.717) is 12.3 Å². The lowest BCUT2D eigenvalue weighted by atomic mass is 10.3. The topological polar surface area (TPSA) is 46.9 Å². The van der Waals surface area contributed by atoms with E-state index in [9.17, 15) is 4.79 Å². The molecule has 0 fully saturated rings. The Morgan fingerprint density at radius 1 is 1.29 bits per heavy atom. The molecular formula is C16H21N3OS. The zero-order valence-electron chi connectivity index (χ0n) is 12.7. The number of hydrogen-bond acceptors (Lipinski definition) is 3. The summed E-state index contributed by atoms with van der Waals surface area (Å²) < 4.78 is 1.92. The summed E-state index contributed by atoms with van der Waals surface area (Å²) in [6.45, 7) is 6.83. The Hall–Kier alpha value is -1.75. The van der Waals surface area contributed by atoms with Crippen molar-refractivity contribution in [3.8, 4) is 5.69 Å². The molecule has 0 saturated carbocycles. The fourth-order valence-electron chi connectivity index (χ4n) is 1.71. The molecule has 21 heavy (non-hydrogen) atoms. The number of hydrogen-bond donors (Lipinski definition) is 1. The first-order valence-electron chi connectivity index (χ1n) is 6.94. The van der Waals surface area contributed by atoms with Crippen LogP contribution in [0.25, 0.3) is 5.69 Å². The van der Waals surface area contributed by atoms with E-state index in [2.05, 4.69) is 31.2 Å². The van der Waals surface area contributed by atoms with Crippen molar-refractivity contribution < 1.29 is 4.79 Å². The highest BCUT2D eigenvalue weighted by molar-refractivity contribution is 8.01. The summed E-state index contributed by atoms with van der Waals surface area (Å²) in [4.78, 5) is 11.8. The molecule has 0 aliphatic carbocycles. The molecule has 112 valence electrons. The molecule has 1 heterocycles. The van der Waals surface area contributed by atoms with Crippen LogP contribution in [-0.2, 0) is 11.3 Å². The largest absolute Gasteiger partial charge is 0.351 e. The lowest BCUT2D eigenvalue weighted by Crippen LogP contribution is -2.26. The molecule has 0 atom stereocenters. The highest BCUT2D eigenvalue weighted by Crippen LogP contribution is 2.22. The first-order chi connectivity index (χ1) is 9.94. The third kappa shape index (κ3) is 5.27. The number of aromatic nitrogens is 2. The molecule has 0 aliphatic rings. The van der Waals surface area contributed by atoms with Gasteiger partial charge in [-0.3, -0.25) is 4.79 Å². The molecule has 0 radical (unpaired) electrons. The monoisotopic (exact) mass is 303 g/mol. The van der Waals surface area contributed by atoms with Crippen LogP contribution in [0.5, 0.6) is 0 Å². The predicted octanol–water partition coefficient (Wildman–Crippen LogP) is 3.02. The smallest absolute Gasteiger partial charge is 0.230 e. The van der Waals surface area contributed by atoms with Gasteiger partial charge in [0.05, 0.1) is 17.6 Å². The number of thioether (sulfide) groups is 1. The molecule has 5 heteroatoms. The van der Waals surface area contributed by atoms with Gasteiger partial charge in [-0.2, -0.15) is 5.10 Å². The van der Waals surface area contributed by atoms with E-state index < -0.39 is 0 Å². The number of carbonyl (C=O) groups is 1. The van der Waals surface area contributed by atoms with Crippen molar-refractivity contribution in [2.75, 3.05) is 5.75 Å². The number of rotatable bonds is 5. The molecule has 1 aromatic heterocycles. The van der Waals surface area contributed by atoms with Gasteiger partial charge in [-0.15, -0.1) is 11.8 Å². The summed E-state index contributed by atoms with van der Waals surface area (Å²) in [6, 6.07) is 9.91. The Kier molecular flexibility index (Phi) is 5.07. The molecule has 0 spiro atoms. The molecule has 0 bridgehead atoms. The van der Waals surface area contributed by atoms with Gasteiger partial charge >= 0.3 is 0 Å². The Morgan fingerprint density at radius 2 is 2.00 bits per heavy atom. The highest BCUT2D eigenvalue weighted by Gasteiger charge is 2.13. The molecule has 1 N–H and O–H groups in total. The van der Waals surface area contributed by atoms with Gasteiger partial charge in [0, 0.05) is 23.1 Å². The van der Waals surface area contributed by atoms with Gasteiger partial charge in [-0.25, -0.2) is 4.68 Å². The number of nitrogens with zero attached hydrogens (tertiary/aromatic N) is 2. The second-order valence-corrected chi connectivity index (χ2v) is 7.61. The normalized spacial score (nSPS) is 11.4. The third-order valence-electron chi connectivity index (χ3n) is 2.78. The lowest BCUT2D eigenvalue weighted by molar-refractivity contribution is -0.118. The van der Waals surface area contributed by atoms with Gasteiger partial charge in [-0.1, -0.05) is 39.0 Å². The Balaban J connectivity index is 1.85. The van der Waals surface area contributed by atoms with Crippen molar-refractivity contribution in [2.45, 2.75) is 32.1 Å². The minimum Gasteiger partial charge on any atom is -0.351 e. The summed E-state index contributed by atoms with van der Waals surface area (Å²) in [6.07, 6.45) is 3.72. The average Bonchev–Trinajstić information content (AvgIpc) is 2.92. The number of benzene rings is 1. The number of para-hydroxylation sites is 1. The van der Waals surface area contributed by atoms with Crippen LogP contribution >= 0.6 is 11.8 Å². The van der Waals surface area contributed by atoms with Crippen LogP contribution in [0.4, 0.5) is 0 Å². The quantitative estimate of drug-likeness (QED) is 0.923. The van der Waals surface area contributed by atoms with Crippen molar-refractivity contribution in [3.63, 3.8) is 0 Å². The van der Waals surface area contributed by atoms with Crippen molar-refractivity contribution in [1.82, 2.24) is 15.1 Å². The third-order valence-corrected chi connectivity index (χ3v) is 4.06. The standard InChI is InChI=1S/C16H21N3OS/c1-16(2,3)21-12-15(20)17-9-13-10-18-19(11-13)14-7-5-4-6-8-14/h4-8,10-11H,9,12H2,1-3H3,(H,17,20). The molecule has 2 aromatic rings. The minimum atomic E-state index is 0.0578. The van der Waals surface area contributed by atoms with Crippen molar-refractivity contribution in [3.05, 3.63) is 48.3 Å². The van der Waals surface area contributed by atoms with Gasteiger partial charge in [0.15, 0.2) is 0 Å². The fourth-order valence-corrected chi connectivity index (χ4v) is 2.37. The van der Waals surface area contributed by atoms with Crippen molar-refractivity contribution in [2.24, 2.45) is 0 Å². The molecular weight excluding hydrogens is 282 g/mol. The predicted molar refractivity (Wildman–Crippen MR) is 87.6 cm³/mol. The number of carbonyl (C=O) groups excluding carboxylic acids is 1. The SMILES string of the molecule is CC(C)(C)SCC(=O)NCc1cnn(-c2ccccc2)c1. The minimum absolute atomic E-state index is 0.0578. The molecule has 0 aliphatic heterocycles. The van der Waals surface area contributed by atoms with E-state index >= 15 is 0 Å². The Morgan fingerprint density at radius 3 is 2.67 bits per heavy atom. The molecule has 0 saturated heterocycles. The second kappa shape index (κ2) is 6.80. The fraction of sp³-hybridized carbons (Fsp3) is 0.375. The first-order valence-corrected chi connectivity index (χ1v) is 7.92. The van der Waals surface area contributed by atoms with Crippen molar-refractivity contribution >= 4 is 17.7 Å². The first kappa shape index (κ1) is 15.6. The summed E-state index contributed by atoms with van der Waals surface area (Å²) in [5.41, 5.74) is 2.01. The van der Waals surface area contributed by atoms with Crippen LogP contribution in [0.2, 0.25) is 0 Å². The van der Waals surface area contributed by atoms with Crippen LogP contribution in [0.15, 0.2) is 42.7 Å². The summed E-state index contributed by atoms with van der Waals surface area (Å²) >= 11 is 1.65. The van der Waals surface area contributed by atoms with E-state index in [-0.39, 0.29) is 10.7 Å². The Labute approximate surface area is 129 Å². The van der Waals surface area contributed by atoms with Gasteiger partial charge in [0.1, 0.15) is 0 Å². The van der Waals surface area contributed by atoms with E-state index in [1.165, 1.54) is 0 Å². The maximum Gasteiger partial charge on any atom is 0.230 e. The van der Waals surface area contributed by atoms with E-state index in [1.54, 1.807) is 18.0 Å². The molecule has 0 unspecified atom stereocenters.